The average molecular weight is 484 g/mol. The van der Waals surface area contributed by atoms with Gasteiger partial charge in [-0.15, -0.1) is 0 Å². The Morgan fingerprint density at radius 3 is 2.31 bits per heavy atom. The maximum atomic E-state index is 12.3. The van der Waals surface area contributed by atoms with Crippen LogP contribution in [0.4, 0.5) is 5.69 Å². The van der Waals surface area contributed by atoms with Gasteiger partial charge in [-0.05, 0) is 67.6 Å². The second-order valence-corrected chi connectivity index (χ2v) is 7.55. The van der Waals surface area contributed by atoms with Crippen molar-refractivity contribution in [3.05, 3.63) is 90.6 Å². The predicted molar refractivity (Wildman–Crippen MR) is 138 cm³/mol. The zero-order chi connectivity index (χ0) is 25.3. The van der Waals surface area contributed by atoms with Crippen molar-refractivity contribution in [2.45, 2.75) is 6.92 Å². The lowest BCUT2D eigenvalue weighted by molar-refractivity contribution is -0.136. The molecule has 0 atom stereocenters. The minimum absolute atomic E-state index is 0.466. The first-order valence-electron chi connectivity index (χ1n) is 11.2. The van der Waals surface area contributed by atoms with Gasteiger partial charge in [0, 0.05) is 23.0 Å². The van der Waals surface area contributed by atoms with Crippen molar-refractivity contribution in [1.29, 1.82) is 0 Å². The highest BCUT2D eigenvalue weighted by Crippen LogP contribution is 2.25. The van der Waals surface area contributed by atoms with E-state index in [1.54, 1.807) is 42.3 Å². The van der Waals surface area contributed by atoms with Gasteiger partial charge < -0.3 is 14.8 Å². The van der Waals surface area contributed by atoms with E-state index < -0.39 is 11.8 Å². The van der Waals surface area contributed by atoms with Crippen LogP contribution in [-0.2, 0) is 9.59 Å². The largest absolute Gasteiger partial charge is 0.497 e. The van der Waals surface area contributed by atoms with E-state index in [0.29, 0.717) is 29.3 Å². The van der Waals surface area contributed by atoms with E-state index in [-0.39, 0.29) is 0 Å². The Morgan fingerprint density at radius 1 is 0.944 bits per heavy atom. The van der Waals surface area contributed by atoms with Crippen LogP contribution in [0.1, 0.15) is 12.5 Å². The minimum atomic E-state index is -0.901. The average Bonchev–Trinajstić information content (AvgIpc) is 3.34. The van der Waals surface area contributed by atoms with Crippen molar-refractivity contribution in [3.8, 4) is 28.4 Å². The summed E-state index contributed by atoms with van der Waals surface area (Å²) in [5.74, 6) is -0.344. The molecule has 36 heavy (non-hydrogen) atoms. The number of carbonyl (C=O) groups is 2. The topological polar surface area (TPSA) is 107 Å². The summed E-state index contributed by atoms with van der Waals surface area (Å²) < 4.78 is 12.3. The highest BCUT2D eigenvalue weighted by Gasteiger charge is 2.14. The number of benzene rings is 3. The van der Waals surface area contributed by atoms with Gasteiger partial charge in [-0.1, -0.05) is 18.2 Å². The molecule has 0 aliphatic heterocycles. The number of ether oxygens (including phenoxy) is 2. The number of rotatable bonds is 8. The Bertz CT molecular complexity index is 1350. The van der Waals surface area contributed by atoms with E-state index in [0.717, 1.165) is 17.0 Å². The van der Waals surface area contributed by atoms with Crippen LogP contribution in [0.5, 0.6) is 11.5 Å². The molecule has 0 bridgehead atoms. The third kappa shape index (κ3) is 5.95. The van der Waals surface area contributed by atoms with Crippen molar-refractivity contribution in [2.24, 2.45) is 5.10 Å². The van der Waals surface area contributed by atoms with Crippen LogP contribution in [0, 0.1) is 0 Å². The molecule has 9 nitrogen and oxygen atoms in total. The van der Waals surface area contributed by atoms with Gasteiger partial charge in [0.2, 0.25) is 0 Å². The summed E-state index contributed by atoms with van der Waals surface area (Å²) in [5.41, 5.74) is 5.74. The quantitative estimate of drug-likeness (QED) is 0.224. The standard InChI is InChI=1S/C27H25N5O4/c1-3-36-24-15-11-21(12-16-24)29-26(33)27(34)30-28-17-20-18-32(22-7-5-4-6-8-22)31-25(20)19-9-13-23(35-2)14-10-19/h4-18H,3H2,1-2H3,(H,29,33)(H,30,34)/b28-17-. The zero-order valence-corrected chi connectivity index (χ0v) is 19.8. The third-order valence-corrected chi connectivity index (χ3v) is 5.13. The summed E-state index contributed by atoms with van der Waals surface area (Å²) in [7, 11) is 1.60. The van der Waals surface area contributed by atoms with Crippen LogP contribution in [-0.4, -0.2) is 41.5 Å². The Kier molecular flexibility index (Phi) is 7.72. The fraction of sp³-hybridized carbons (Fsp3) is 0.111. The summed E-state index contributed by atoms with van der Waals surface area (Å²) in [6.45, 7) is 2.42. The fourth-order valence-corrected chi connectivity index (χ4v) is 3.37. The second kappa shape index (κ2) is 11.5. The first-order chi connectivity index (χ1) is 17.6. The lowest BCUT2D eigenvalue weighted by Gasteiger charge is -2.06. The van der Waals surface area contributed by atoms with Crippen molar-refractivity contribution in [2.75, 3.05) is 19.0 Å². The highest BCUT2D eigenvalue weighted by molar-refractivity contribution is 6.39. The zero-order valence-electron chi connectivity index (χ0n) is 19.8. The molecule has 0 saturated carbocycles. The third-order valence-electron chi connectivity index (χ3n) is 5.13. The van der Waals surface area contributed by atoms with Gasteiger partial charge in [0.05, 0.1) is 25.6 Å². The molecule has 2 amide bonds. The molecule has 0 spiro atoms. The molecule has 0 aliphatic carbocycles. The van der Waals surface area contributed by atoms with Crippen molar-refractivity contribution in [1.82, 2.24) is 15.2 Å². The van der Waals surface area contributed by atoms with Gasteiger partial charge in [0.1, 0.15) is 17.2 Å². The predicted octanol–water partition coefficient (Wildman–Crippen LogP) is 4.04. The second-order valence-electron chi connectivity index (χ2n) is 7.55. The van der Waals surface area contributed by atoms with Crippen LogP contribution >= 0.6 is 0 Å². The number of nitrogens with one attached hydrogen (secondary N) is 2. The Morgan fingerprint density at radius 2 is 1.64 bits per heavy atom. The number of carbonyl (C=O) groups excluding carboxylic acids is 2. The van der Waals surface area contributed by atoms with E-state index in [2.05, 4.69) is 15.8 Å². The molecule has 2 N–H and O–H groups in total. The molecule has 0 radical (unpaired) electrons. The summed E-state index contributed by atoms with van der Waals surface area (Å²) >= 11 is 0. The highest BCUT2D eigenvalue weighted by atomic mass is 16.5. The van der Waals surface area contributed by atoms with Gasteiger partial charge in [0.25, 0.3) is 0 Å². The molecule has 4 aromatic rings. The van der Waals surface area contributed by atoms with Gasteiger partial charge in [-0.2, -0.15) is 10.2 Å². The number of nitrogens with zero attached hydrogens (tertiary/aromatic N) is 3. The van der Waals surface area contributed by atoms with Crippen molar-refractivity contribution < 1.29 is 19.1 Å². The monoisotopic (exact) mass is 483 g/mol. The van der Waals surface area contributed by atoms with Crippen molar-refractivity contribution >= 4 is 23.7 Å². The summed E-state index contributed by atoms with van der Waals surface area (Å²) in [4.78, 5) is 24.5. The van der Waals surface area contributed by atoms with Crippen LogP contribution in [0.2, 0.25) is 0 Å². The summed E-state index contributed by atoms with van der Waals surface area (Å²) in [6.07, 6.45) is 3.25. The maximum absolute atomic E-state index is 12.3. The normalized spacial score (nSPS) is 10.7. The van der Waals surface area contributed by atoms with Gasteiger partial charge >= 0.3 is 11.8 Å². The number of amides is 2. The van der Waals surface area contributed by atoms with Crippen molar-refractivity contribution in [3.63, 3.8) is 0 Å². The molecule has 3 aromatic carbocycles. The summed E-state index contributed by atoms with van der Waals surface area (Å²) in [6, 6.07) is 23.8. The first kappa shape index (κ1) is 24.2. The fourth-order valence-electron chi connectivity index (χ4n) is 3.37. The Labute approximate surface area is 208 Å². The lowest BCUT2D eigenvalue weighted by Crippen LogP contribution is -2.32. The minimum Gasteiger partial charge on any atom is -0.497 e. The molecule has 4 rings (SSSR count). The molecular weight excluding hydrogens is 458 g/mol. The first-order valence-corrected chi connectivity index (χ1v) is 11.2. The van der Waals surface area contributed by atoms with Gasteiger partial charge in [0.15, 0.2) is 0 Å². The number of methoxy groups -OCH3 is 1. The number of para-hydroxylation sites is 1. The van der Waals surface area contributed by atoms with E-state index in [1.807, 2.05) is 61.5 Å². The van der Waals surface area contributed by atoms with E-state index in [4.69, 9.17) is 14.6 Å². The van der Waals surface area contributed by atoms with Crippen LogP contribution in [0.3, 0.4) is 0 Å². The van der Waals surface area contributed by atoms with E-state index in [9.17, 15) is 9.59 Å². The molecule has 1 heterocycles. The molecule has 0 aliphatic rings. The smallest absolute Gasteiger partial charge is 0.329 e. The summed E-state index contributed by atoms with van der Waals surface area (Å²) in [5, 5.41) is 11.2. The number of anilines is 1. The molecule has 0 saturated heterocycles. The van der Waals surface area contributed by atoms with Crippen LogP contribution < -0.4 is 20.2 Å². The molecular formula is C27H25N5O4. The van der Waals surface area contributed by atoms with Crippen LogP contribution in [0.25, 0.3) is 16.9 Å². The molecule has 9 heteroatoms. The Balaban J connectivity index is 1.49. The van der Waals surface area contributed by atoms with Crippen LogP contribution in [0.15, 0.2) is 90.2 Å². The number of hydrazone groups is 1. The SMILES string of the molecule is CCOc1ccc(NC(=O)C(=O)N/N=C\c2cn(-c3ccccc3)nc2-c2ccc(OC)cc2)cc1. The number of aromatic nitrogens is 2. The van der Waals surface area contributed by atoms with Gasteiger partial charge in [-0.3, -0.25) is 9.59 Å². The molecule has 1 aromatic heterocycles. The molecule has 0 unspecified atom stereocenters. The number of hydrogen-bond acceptors (Lipinski definition) is 6. The Hall–Kier alpha value is -4.92. The molecule has 182 valence electrons. The maximum Gasteiger partial charge on any atom is 0.329 e. The van der Waals surface area contributed by atoms with E-state index in [1.165, 1.54) is 6.21 Å². The lowest BCUT2D eigenvalue weighted by atomic mass is 10.1. The van der Waals surface area contributed by atoms with E-state index >= 15 is 0 Å². The molecule has 0 fully saturated rings. The number of hydrogen-bond donors (Lipinski definition) is 2. The van der Waals surface area contributed by atoms with Gasteiger partial charge in [-0.25, -0.2) is 10.1 Å².